The number of Topliss-reactive ketones (excluding diaryl/α,β-unsaturated/α-hetero) is 1. The van der Waals surface area contributed by atoms with Gasteiger partial charge in [-0.1, -0.05) is 6.07 Å². The molecule has 2 N–H and O–H groups in total. The number of thiophene rings is 1. The van der Waals surface area contributed by atoms with Crippen LogP contribution in [-0.4, -0.2) is 17.6 Å². The molecule has 0 fully saturated rings. The Kier molecular flexibility index (Phi) is 5.24. The molecule has 2 amide bonds. The van der Waals surface area contributed by atoms with Gasteiger partial charge in [0.2, 0.25) is 0 Å². The third kappa shape index (κ3) is 4.23. The standard InChI is InChI=1S/C20H16N2O3S/c1-13(23)14-4-8-16(9-5-14)21-19(24)15-6-10-17(11-7-15)22-20(25)18-3-2-12-26-18/h2-12H,1H3,(H,21,24)(H,22,25). The number of carbonyl (C=O) groups excluding carboxylic acids is 3. The molecular weight excluding hydrogens is 348 g/mol. The summed E-state index contributed by atoms with van der Waals surface area (Å²) in [5, 5.41) is 7.39. The topological polar surface area (TPSA) is 75.3 Å². The van der Waals surface area contributed by atoms with E-state index in [2.05, 4.69) is 10.6 Å². The van der Waals surface area contributed by atoms with E-state index in [4.69, 9.17) is 0 Å². The summed E-state index contributed by atoms with van der Waals surface area (Å²) < 4.78 is 0. The molecule has 0 aliphatic heterocycles. The van der Waals surface area contributed by atoms with Crippen LogP contribution in [0, 0.1) is 0 Å². The summed E-state index contributed by atoms with van der Waals surface area (Å²) >= 11 is 1.37. The first-order chi connectivity index (χ1) is 12.5. The Bertz CT molecular complexity index is 930. The molecule has 26 heavy (non-hydrogen) atoms. The van der Waals surface area contributed by atoms with Gasteiger partial charge in [-0.05, 0) is 66.9 Å². The summed E-state index contributed by atoms with van der Waals surface area (Å²) in [6, 6.07) is 16.9. The Labute approximate surface area is 154 Å². The maximum Gasteiger partial charge on any atom is 0.265 e. The van der Waals surface area contributed by atoms with E-state index in [-0.39, 0.29) is 17.6 Å². The molecule has 2 aromatic carbocycles. The zero-order valence-electron chi connectivity index (χ0n) is 14.0. The minimum atomic E-state index is -0.267. The minimum Gasteiger partial charge on any atom is -0.322 e. The van der Waals surface area contributed by atoms with Gasteiger partial charge in [-0.3, -0.25) is 14.4 Å². The molecule has 3 aromatic rings. The molecule has 0 unspecified atom stereocenters. The third-order valence-corrected chi connectivity index (χ3v) is 4.57. The van der Waals surface area contributed by atoms with Gasteiger partial charge in [-0.2, -0.15) is 0 Å². The van der Waals surface area contributed by atoms with Crippen LogP contribution < -0.4 is 10.6 Å². The first kappa shape index (κ1) is 17.6. The van der Waals surface area contributed by atoms with E-state index in [1.807, 2.05) is 11.4 Å². The highest BCUT2D eigenvalue weighted by Crippen LogP contribution is 2.16. The maximum atomic E-state index is 12.3. The minimum absolute atomic E-state index is 0.0249. The van der Waals surface area contributed by atoms with Crippen LogP contribution in [0.1, 0.15) is 37.3 Å². The van der Waals surface area contributed by atoms with Gasteiger partial charge in [0.15, 0.2) is 5.78 Å². The van der Waals surface area contributed by atoms with Crippen LogP contribution in [0.4, 0.5) is 11.4 Å². The summed E-state index contributed by atoms with van der Waals surface area (Å²) in [5.74, 6) is -0.470. The first-order valence-corrected chi connectivity index (χ1v) is 8.78. The molecule has 1 aromatic heterocycles. The van der Waals surface area contributed by atoms with Crippen molar-refractivity contribution in [1.82, 2.24) is 0 Å². The molecule has 1 heterocycles. The summed E-state index contributed by atoms with van der Waals surface area (Å²) in [4.78, 5) is 36.2. The lowest BCUT2D eigenvalue weighted by Crippen LogP contribution is -2.13. The zero-order valence-corrected chi connectivity index (χ0v) is 14.8. The predicted octanol–water partition coefficient (Wildman–Crippen LogP) is 4.46. The number of rotatable bonds is 5. The lowest BCUT2D eigenvalue weighted by molar-refractivity contribution is 0.101. The van der Waals surface area contributed by atoms with Crippen LogP contribution in [0.5, 0.6) is 0 Å². The fraction of sp³-hybridized carbons (Fsp3) is 0.0500. The number of hydrogen-bond acceptors (Lipinski definition) is 4. The van der Waals surface area contributed by atoms with Crippen LogP contribution in [-0.2, 0) is 0 Å². The Morgan fingerprint density at radius 1 is 0.731 bits per heavy atom. The maximum absolute atomic E-state index is 12.3. The molecule has 0 aliphatic rings. The smallest absolute Gasteiger partial charge is 0.265 e. The average Bonchev–Trinajstić information content (AvgIpc) is 3.17. The van der Waals surface area contributed by atoms with Gasteiger partial charge < -0.3 is 10.6 Å². The first-order valence-electron chi connectivity index (χ1n) is 7.90. The van der Waals surface area contributed by atoms with Gasteiger partial charge in [0.1, 0.15) is 0 Å². The van der Waals surface area contributed by atoms with Gasteiger partial charge >= 0.3 is 0 Å². The zero-order chi connectivity index (χ0) is 18.5. The second-order valence-electron chi connectivity index (χ2n) is 5.60. The van der Waals surface area contributed by atoms with E-state index in [1.54, 1.807) is 54.6 Å². The molecule has 130 valence electrons. The predicted molar refractivity (Wildman–Crippen MR) is 103 cm³/mol. The van der Waals surface area contributed by atoms with Gasteiger partial charge in [0.25, 0.3) is 11.8 Å². The Hall–Kier alpha value is -3.25. The molecule has 5 nitrogen and oxygen atoms in total. The van der Waals surface area contributed by atoms with Crippen LogP contribution in [0.3, 0.4) is 0 Å². The van der Waals surface area contributed by atoms with Gasteiger partial charge in [0.05, 0.1) is 4.88 Å². The third-order valence-electron chi connectivity index (χ3n) is 3.70. The largest absolute Gasteiger partial charge is 0.322 e. The van der Waals surface area contributed by atoms with Crippen molar-refractivity contribution in [2.45, 2.75) is 6.92 Å². The number of carbonyl (C=O) groups is 3. The highest BCUT2D eigenvalue weighted by atomic mass is 32.1. The fourth-order valence-corrected chi connectivity index (χ4v) is 2.92. The Morgan fingerprint density at radius 3 is 1.77 bits per heavy atom. The molecular formula is C20H16N2O3S. The van der Waals surface area contributed by atoms with E-state index >= 15 is 0 Å². The van der Waals surface area contributed by atoms with Crippen molar-refractivity contribution < 1.29 is 14.4 Å². The van der Waals surface area contributed by atoms with E-state index < -0.39 is 0 Å². The molecule has 0 spiro atoms. The average molecular weight is 364 g/mol. The molecule has 0 bridgehead atoms. The number of benzene rings is 2. The van der Waals surface area contributed by atoms with Crippen molar-refractivity contribution in [3.05, 3.63) is 82.0 Å². The van der Waals surface area contributed by atoms with Crippen molar-refractivity contribution in [1.29, 1.82) is 0 Å². The molecule has 3 rings (SSSR count). The quantitative estimate of drug-likeness (QED) is 0.657. The van der Waals surface area contributed by atoms with Crippen molar-refractivity contribution >= 4 is 40.3 Å². The second kappa shape index (κ2) is 7.76. The fourth-order valence-electron chi connectivity index (χ4n) is 2.30. The summed E-state index contributed by atoms with van der Waals surface area (Å²) in [6.45, 7) is 1.49. The number of nitrogens with one attached hydrogen (secondary N) is 2. The van der Waals surface area contributed by atoms with Crippen molar-refractivity contribution in [3.8, 4) is 0 Å². The number of hydrogen-bond donors (Lipinski definition) is 2. The molecule has 0 atom stereocenters. The molecule has 0 saturated carbocycles. The van der Waals surface area contributed by atoms with Crippen molar-refractivity contribution in [2.75, 3.05) is 10.6 Å². The van der Waals surface area contributed by atoms with E-state index in [0.717, 1.165) is 0 Å². The van der Waals surface area contributed by atoms with E-state index in [9.17, 15) is 14.4 Å². The molecule has 0 radical (unpaired) electrons. The lowest BCUT2D eigenvalue weighted by atomic mass is 10.1. The van der Waals surface area contributed by atoms with Gasteiger partial charge in [-0.25, -0.2) is 0 Å². The van der Waals surface area contributed by atoms with Crippen LogP contribution >= 0.6 is 11.3 Å². The van der Waals surface area contributed by atoms with Gasteiger partial charge in [-0.15, -0.1) is 11.3 Å². The summed E-state index contributed by atoms with van der Waals surface area (Å²) in [5.41, 5.74) is 2.28. The summed E-state index contributed by atoms with van der Waals surface area (Å²) in [6.07, 6.45) is 0. The van der Waals surface area contributed by atoms with Crippen LogP contribution in [0.2, 0.25) is 0 Å². The SMILES string of the molecule is CC(=O)c1ccc(NC(=O)c2ccc(NC(=O)c3cccs3)cc2)cc1. The van der Waals surface area contributed by atoms with E-state index in [0.29, 0.717) is 27.4 Å². The normalized spacial score (nSPS) is 10.2. The van der Waals surface area contributed by atoms with E-state index in [1.165, 1.54) is 18.3 Å². The highest BCUT2D eigenvalue weighted by Gasteiger charge is 2.09. The molecule has 0 saturated heterocycles. The Balaban J connectivity index is 1.63. The number of amides is 2. The molecule has 0 aliphatic carbocycles. The Morgan fingerprint density at radius 2 is 1.27 bits per heavy atom. The van der Waals surface area contributed by atoms with Crippen LogP contribution in [0.25, 0.3) is 0 Å². The summed E-state index contributed by atoms with van der Waals surface area (Å²) in [7, 11) is 0. The highest BCUT2D eigenvalue weighted by molar-refractivity contribution is 7.12. The number of anilines is 2. The van der Waals surface area contributed by atoms with Crippen LogP contribution in [0.15, 0.2) is 66.0 Å². The second-order valence-corrected chi connectivity index (χ2v) is 6.54. The number of ketones is 1. The van der Waals surface area contributed by atoms with Crippen molar-refractivity contribution in [3.63, 3.8) is 0 Å². The van der Waals surface area contributed by atoms with Gasteiger partial charge in [0, 0.05) is 22.5 Å². The lowest BCUT2D eigenvalue weighted by Gasteiger charge is -2.07. The molecule has 6 heteroatoms. The monoisotopic (exact) mass is 364 g/mol. The van der Waals surface area contributed by atoms with Crippen molar-refractivity contribution in [2.24, 2.45) is 0 Å².